The Balaban J connectivity index is 1.35. The van der Waals surface area contributed by atoms with E-state index < -0.39 is 29.6 Å². The predicted octanol–water partition coefficient (Wildman–Crippen LogP) is 5.02. The molecule has 0 saturated heterocycles. The molecule has 0 aliphatic heterocycles. The van der Waals surface area contributed by atoms with E-state index in [2.05, 4.69) is 25.8 Å². The van der Waals surface area contributed by atoms with Gasteiger partial charge in [-0.1, -0.05) is 35.5 Å². The van der Waals surface area contributed by atoms with Gasteiger partial charge in [0, 0.05) is 43.9 Å². The number of anilines is 1. The Morgan fingerprint density at radius 1 is 0.958 bits per heavy atom. The molecular formula is C35H42N6O7. The van der Waals surface area contributed by atoms with Crippen LogP contribution < -0.4 is 15.4 Å². The third-order valence-corrected chi connectivity index (χ3v) is 6.74. The van der Waals surface area contributed by atoms with Gasteiger partial charge in [0.2, 0.25) is 11.8 Å². The number of rotatable bonds is 15. The predicted molar refractivity (Wildman–Crippen MR) is 178 cm³/mol. The Kier molecular flexibility index (Phi) is 12.6. The van der Waals surface area contributed by atoms with Crippen molar-refractivity contribution in [3.05, 3.63) is 89.9 Å². The van der Waals surface area contributed by atoms with Crippen molar-refractivity contribution in [2.45, 2.75) is 58.3 Å². The molecule has 1 aromatic carbocycles. The molecule has 2 amide bonds. The zero-order valence-electron chi connectivity index (χ0n) is 27.9. The van der Waals surface area contributed by atoms with Crippen LogP contribution in [0, 0.1) is 0 Å². The number of amides is 2. The van der Waals surface area contributed by atoms with E-state index in [9.17, 15) is 14.4 Å². The highest BCUT2D eigenvalue weighted by Crippen LogP contribution is 2.27. The number of aromatic nitrogens is 3. The summed E-state index contributed by atoms with van der Waals surface area (Å²) in [7, 11) is 3.70. The van der Waals surface area contributed by atoms with Crippen molar-refractivity contribution < 1.29 is 33.1 Å². The quantitative estimate of drug-likeness (QED) is 0.165. The standard InChI is InChI=1S/C35H42N6O7/c1-35(2,3)47-34(44)38-28(33(43)45-20-19-41(4)5)15-16-30(42)39-32-27(9-8-18-37-32)29-22-26(40-48-29)21-24-11-13-25(14-12-24)23-46-31-10-6-7-17-36-31/h6-14,17-18,22,28H,15-16,19-21,23H2,1-5H3,(H,38,44)(H,37,39,42). The molecule has 0 spiro atoms. The van der Waals surface area contributed by atoms with E-state index in [0.717, 1.165) is 11.1 Å². The van der Waals surface area contributed by atoms with Gasteiger partial charge in [-0.2, -0.15) is 0 Å². The Morgan fingerprint density at radius 2 is 1.71 bits per heavy atom. The molecule has 0 aliphatic carbocycles. The number of nitrogens with zero attached hydrogens (tertiary/aromatic N) is 4. The van der Waals surface area contributed by atoms with E-state index >= 15 is 0 Å². The van der Waals surface area contributed by atoms with Gasteiger partial charge < -0.3 is 34.3 Å². The first-order valence-corrected chi connectivity index (χ1v) is 15.6. The van der Waals surface area contributed by atoms with Crippen molar-refractivity contribution in [2.75, 3.05) is 32.6 Å². The Morgan fingerprint density at radius 3 is 2.42 bits per heavy atom. The van der Waals surface area contributed by atoms with E-state index in [1.165, 1.54) is 0 Å². The molecule has 13 heteroatoms. The van der Waals surface area contributed by atoms with Gasteiger partial charge in [-0.25, -0.2) is 19.6 Å². The maximum Gasteiger partial charge on any atom is 0.408 e. The van der Waals surface area contributed by atoms with Crippen molar-refractivity contribution in [1.29, 1.82) is 0 Å². The topological polar surface area (TPSA) is 158 Å². The monoisotopic (exact) mass is 658 g/mol. The summed E-state index contributed by atoms with van der Waals surface area (Å²) in [6.45, 7) is 6.19. The number of alkyl carbamates (subject to hydrolysis) is 1. The highest BCUT2D eigenvalue weighted by atomic mass is 16.6. The summed E-state index contributed by atoms with van der Waals surface area (Å²) in [5.74, 6) is 0.197. The minimum atomic E-state index is -1.09. The van der Waals surface area contributed by atoms with E-state index in [1.54, 1.807) is 51.4 Å². The molecule has 13 nitrogen and oxygen atoms in total. The number of carbonyl (C=O) groups excluding carboxylic acids is 3. The van der Waals surface area contributed by atoms with Gasteiger partial charge in [0.1, 0.15) is 30.7 Å². The first-order chi connectivity index (χ1) is 22.9. The number of esters is 1. The zero-order chi connectivity index (χ0) is 34.5. The van der Waals surface area contributed by atoms with E-state index in [0.29, 0.717) is 42.5 Å². The lowest BCUT2D eigenvalue weighted by Gasteiger charge is -2.23. The minimum absolute atomic E-state index is 0.0193. The fourth-order valence-corrected chi connectivity index (χ4v) is 4.38. The van der Waals surface area contributed by atoms with E-state index in [1.807, 2.05) is 61.5 Å². The van der Waals surface area contributed by atoms with Crippen LogP contribution in [0.4, 0.5) is 10.6 Å². The van der Waals surface area contributed by atoms with Crippen molar-refractivity contribution in [2.24, 2.45) is 0 Å². The summed E-state index contributed by atoms with van der Waals surface area (Å²) < 4.78 is 22.0. The smallest absolute Gasteiger partial charge is 0.408 e. The molecule has 3 aromatic heterocycles. The average Bonchev–Trinajstić information content (AvgIpc) is 3.50. The fourth-order valence-electron chi connectivity index (χ4n) is 4.38. The van der Waals surface area contributed by atoms with Crippen LogP contribution in [-0.4, -0.2) is 76.9 Å². The number of hydrogen-bond acceptors (Lipinski definition) is 11. The van der Waals surface area contributed by atoms with Crippen LogP contribution in [0.1, 0.15) is 50.4 Å². The third kappa shape index (κ3) is 11.8. The molecular weight excluding hydrogens is 616 g/mol. The second-order valence-electron chi connectivity index (χ2n) is 12.3. The fraction of sp³-hybridized carbons (Fsp3) is 0.371. The van der Waals surface area contributed by atoms with E-state index in [4.69, 9.17) is 18.7 Å². The van der Waals surface area contributed by atoms with Gasteiger partial charge in [-0.3, -0.25) is 4.79 Å². The van der Waals surface area contributed by atoms with Crippen molar-refractivity contribution in [1.82, 2.24) is 25.3 Å². The van der Waals surface area contributed by atoms with Crippen molar-refractivity contribution in [3.8, 4) is 17.2 Å². The Hall–Kier alpha value is -5.30. The molecule has 3 heterocycles. The van der Waals surface area contributed by atoms with Crippen LogP contribution in [0.25, 0.3) is 11.3 Å². The normalized spacial score (nSPS) is 11.9. The maximum absolute atomic E-state index is 13.0. The third-order valence-electron chi connectivity index (χ3n) is 6.74. The first-order valence-electron chi connectivity index (χ1n) is 15.6. The van der Waals surface area contributed by atoms with Gasteiger partial charge in [-0.15, -0.1) is 0 Å². The van der Waals surface area contributed by atoms with Crippen LogP contribution in [0.3, 0.4) is 0 Å². The van der Waals surface area contributed by atoms with Gasteiger partial charge in [0.15, 0.2) is 5.76 Å². The number of hydrogen-bond donors (Lipinski definition) is 2. The van der Waals surface area contributed by atoms with Crippen LogP contribution in [0.5, 0.6) is 5.88 Å². The average molecular weight is 659 g/mol. The van der Waals surface area contributed by atoms with Crippen molar-refractivity contribution >= 4 is 23.8 Å². The minimum Gasteiger partial charge on any atom is -0.473 e. The van der Waals surface area contributed by atoms with Gasteiger partial charge in [0.25, 0.3) is 0 Å². The lowest BCUT2D eigenvalue weighted by Crippen LogP contribution is -2.45. The number of carbonyl (C=O) groups is 3. The molecule has 0 radical (unpaired) electrons. The zero-order valence-corrected chi connectivity index (χ0v) is 27.9. The Labute approximate surface area is 280 Å². The molecule has 254 valence electrons. The molecule has 0 bridgehead atoms. The molecule has 0 saturated carbocycles. The van der Waals surface area contributed by atoms with Crippen LogP contribution >= 0.6 is 0 Å². The number of ether oxygens (including phenoxy) is 3. The van der Waals surface area contributed by atoms with Gasteiger partial charge in [-0.05, 0) is 70.6 Å². The number of benzene rings is 1. The molecule has 4 aromatic rings. The lowest BCUT2D eigenvalue weighted by molar-refractivity contribution is -0.146. The summed E-state index contributed by atoms with van der Waals surface area (Å²) in [4.78, 5) is 48.6. The molecule has 0 fully saturated rings. The summed E-state index contributed by atoms with van der Waals surface area (Å²) in [5, 5.41) is 9.53. The summed E-state index contributed by atoms with van der Waals surface area (Å²) in [5.41, 5.74) is 2.52. The molecule has 1 unspecified atom stereocenters. The van der Waals surface area contributed by atoms with Crippen LogP contribution in [-0.2, 0) is 32.1 Å². The number of nitrogens with one attached hydrogen (secondary N) is 2. The Bertz CT molecular complexity index is 1640. The second kappa shape index (κ2) is 17.0. The summed E-state index contributed by atoms with van der Waals surface area (Å²) in [6.07, 6.45) is 2.86. The molecule has 48 heavy (non-hydrogen) atoms. The largest absolute Gasteiger partial charge is 0.473 e. The molecule has 0 aliphatic rings. The highest BCUT2D eigenvalue weighted by Gasteiger charge is 2.26. The summed E-state index contributed by atoms with van der Waals surface area (Å²) in [6, 6.07) is 17.7. The van der Waals surface area contributed by atoms with Crippen LogP contribution in [0.2, 0.25) is 0 Å². The number of pyridine rings is 2. The first kappa shape index (κ1) is 35.6. The number of likely N-dealkylation sites (N-methyl/N-ethyl adjacent to an activating group) is 1. The van der Waals surface area contributed by atoms with Crippen LogP contribution in [0.15, 0.2) is 77.6 Å². The molecule has 4 rings (SSSR count). The van der Waals surface area contributed by atoms with Gasteiger partial charge >= 0.3 is 12.1 Å². The SMILES string of the molecule is CN(C)CCOC(=O)C(CCC(=O)Nc1ncccc1-c1cc(Cc2ccc(COc3ccccn3)cc2)no1)NC(=O)OC(C)(C)C. The summed E-state index contributed by atoms with van der Waals surface area (Å²) >= 11 is 0. The van der Waals surface area contributed by atoms with Gasteiger partial charge in [0.05, 0.1) is 11.3 Å². The molecule has 2 N–H and O–H groups in total. The van der Waals surface area contributed by atoms with E-state index in [-0.39, 0.29) is 25.3 Å². The highest BCUT2D eigenvalue weighted by molar-refractivity contribution is 5.94. The maximum atomic E-state index is 13.0. The molecule has 1 atom stereocenters. The van der Waals surface area contributed by atoms with Crippen molar-refractivity contribution in [3.63, 3.8) is 0 Å². The second-order valence-corrected chi connectivity index (χ2v) is 12.3. The lowest BCUT2D eigenvalue weighted by atomic mass is 10.1.